The first kappa shape index (κ1) is 18.1. The summed E-state index contributed by atoms with van der Waals surface area (Å²) in [5.74, 6) is 2.26. The molecule has 0 aliphatic rings. The van der Waals surface area contributed by atoms with Crippen molar-refractivity contribution < 1.29 is 9.47 Å². The highest BCUT2D eigenvalue weighted by atomic mass is 35.5. The molecule has 28 heavy (non-hydrogen) atoms. The topological polar surface area (TPSA) is 18.5 Å². The molecule has 0 spiro atoms. The average Bonchev–Trinajstić information content (AvgIpc) is 2.74. The van der Waals surface area contributed by atoms with E-state index in [1.165, 1.54) is 5.56 Å². The van der Waals surface area contributed by atoms with Gasteiger partial charge in [-0.2, -0.15) is 0 Å². The Morgan fingerprint density at radius 3 is 2.07 bits per heavy atom. The molecule has 2 nitrogen and oxygen atoms in total. The average molecular weight is 387 g/mol. The normalized spacial score (nSPS) is 10.5. The van der Waals surface area contributed by atoms with Crippen LogP contribution in [0.3, 0.4) is 0 Å². The Kier molecular flexibility index (Phi) is 5.60. The van der Waals surface area contributed by atoms with Gasteiger partial charge in [0, 0.05) is 11.1 Å². The molecule has 0 amide bonds. The van der Waals surface area contributed by atoms with E-state index in [0.29, 0.717) is 11.6 Å². The molecule has 0 saturated heterocycles. The lowest BCUT2D eigenvalue weighted by atomic mass is 10.1. The Balaban J connectivity index is 1.42. The molecule has 138 valence electrons. The van der Waals surface area contributed by atoms with E-state index in [9.17, 15) is 0 Å². The number of benzene rings is 4. The monoisotopic (exact) mass is 386 g/mol. The van der Waals surface area contributed by atoms with Gasteiger partial charge >= 0.3 is 0 Å². The van der Waals surface area contributed by atoms with Gasteiger partial charge < -0.3 is 9.47 Å². The maximum Gasteiger partial charge on any atom is 0.131 e. The number of hydrogen-bond donors (Lipinski definition) is 0. The maximum atomic E-state index is 6.02. The fourth-order valence-corrected chi connectivity index (χ4v) is 3.12. The molecule has 4 aromatic rings. The summed E-state index contributed by atoms with van der Waals surface area (Å²) in [6.45, 7) is 0.454. The molecule has 0 bridgehead atoms. The zero-order valence-electron chi connectivity index (χ0n) is 15.2. The van der Waals surface area contributed by atoms with Gasteiger partial charge in [0.25, 0.3) is 0 Å². The molecular weight excluding hydrogens is 368 g/mol. The molecule has 0 fully saturated rings. The van der Waals surface area contributed by atoms with Crippen LogP contribution in [0.25, 0.3) is 11.1 Å². The van der Waals surface area contributed by atoms with Crippen molar-refractivity contribution in [2.75, 3.05) is 0 Å². The largest absolute Gasteiger partial charge is 0.489 e. The smallest absolute Gasteiger partial charge is 0.131 e. The van der Waals surface area contributed by atoms with E-state index < -0.39 is 0 Å². The fraction of sp³-hybridized carbons (Fsp3) is 0.0400. The lowest BCUT2D eigenvalue weighted by molar-refractivity contribution is 0.304. The molecule has 0 aliphatic carbocycles. The third-order valence-corrected chi connectivity index (χ3v) is 4.53. The van der Waals surface area contributed by atoms with E-state index in [-0.39, 0.29) is 0 Å². The van der Waals surface area contributed by atoms with Crippen molar-refractivity contribution in [2.24, 2.45) is 0 Å². The number of ether oxygens (including phenoxy) is 2. The molecule has 0 saturated carbocycles. The van der Waals surface area contributed by atoms with E-state index in [2.05, 4.69) is 24.3 Å². The Hall–Kier alpha value is -3.23. The van der Waals surface area contributed by atoms with Crippen LogP contribution in [0, 0.1) is 0 Å². The van der Waals surface area contributed by atoms with Crippen LogP contribution in [0.5, 0.6) is 17.2 Å². The molecule has 4 aromatic carbocycles. The van der Waals surface area contributed by atoms with E-state index in [4.69, 9.17) is 21.1 Å². The van der Waals surface area contributed by atoms with Gasteiger partial charge in [-0.25, -0.2) is 0 Å². The molecule has 0 aromatic heterocycles. The summed E-state index contributed by atoms with van der Waals surface area (Å²) in [6, 6.07) is 33.6. The quantitative estimate of drug-likeness (QED) is 0.344. The maximum absolute atomic E-state index is 6.02. The van der Waals surface area contributed by atoms with Crippen molar-refractivity contribution in [1.29, 1.82) is 0 Å². The summed E-state index contributed by atoms with van der Waals surface area (Å²) in [5, 5.41) is 0.706. The van der Waals surface area contributed by atoms with Gasteiger partial charge in [-0.15, -0.1) is 0 Å². The molecule has 0 unspecified atom stereocenters. The standard InChI is InChI=1S/C25H19ClO2/c26-22-9-4-6-19(16-22)18-27-24-10-5-11-25(17-24)28-23-14-12-21(13-15-23)20-7-2-1-3-8-20/h1-17H,18H2. The summed E-state index contributed by atoms with van der Waals surface area (Å²) in [6.07, 6.45) is 0. The minimum atomic E-state index is 0.454. The zero-order valence-corrected chi connectivity index (χ0v) is 16.0. The number of rotatable bonds is 6. The molecule has 0 aliphatic heterocycles. The first-order valence-electron chi connectivity index (χ1n) is 9.07. The van der Waals surface area contributed by atoms with Crippen molar-refractivity contribution in [1.82, 2.24) is 0 Å². The van der Waals surface area contributed by atoms with E-state index in [1.54, 1.807) is 0 Å². The van der Waals surface area contributed by atoms with Crippen molar-refractivity contribution >= 4 is 11.6 Å². The first-order chi connectivity index (χ1) is 13.8. The Morgan fingerprint density at radius 2 is 1.29 bits per heavy atom. The van der Waals surface area contributed by atoms with Crippen LogP contribution in [0.15, 0.2) is 103 Å². The van der Waals surface area contributed by atoms with E-state index in [0.717, 1.165) is 28.4 Å². The van der Waals surface area contributed by atoms with Gasteiger partial charge in [-0.3, -0.25) is 0 Å². The van der Waals surface area contributed by atoms with E-state index >= 15 is 0 Å². The highest BCUT2D eigenvalue weighted by Gasteiger charge is 2.03. The van der Waals surface area contributed by atoms with Gasteiger partial charge in [0.15, 0.2) is 0 Å². The minimum Gasteiger partial charge on any atom is -0.489 e. The number of halogens is 1. The molecule has 0 radical (unpaired) electrons. The second kappa shape index (κ2) is 8.64. The van der Waals surface area contributed by atoms with Gasteiger partial charge in [0.1, 0.15) is 23.9 Å². The number of hydrogen-bond acceptors (Lipinski definition) is 2. The summed E-state index contributed by atoms with van der Waals surface area (Å²) in [4.78, 5) is 0. The van der Waals surface area contributed by atoms with Crippen LogP contribution in [0.2, 0.25) is 5.02 Å². The third kappa shape index (κ3) is 4.73. The Labute approximate surface area is 169 Å². The molecule has 0 heterocycles. The highest BCUT2D eigenvalue weighted by Crippen LogP contribution is 2.28. The van der Waals surface area contributed by atoms with Gasteiger partial charge in [0.05, 0.1) is 0 Å². The van der Waals surface area contributed by atoms with Crippen molar-refractivity contribution in [3.63, 3.8) is 0 Å². The van der Waals surface area contributed by atoms with E-state index in [1.807, 2.05) is 78.9 Å². The third-order valence-electron chi connectivity index (χ3n) is 4.30. The van der Waals surface area contributed by atoms with Crippen LogP contribution >= 0.6 is 11.6 Å². The van der Waals surface area contributed by atoms with Crippen LogP contribution in [0.4, 0.5) is 0 Å². The summed E-state index contributed by atoms with van der Waals surface area (Å²) in [7, 11) is 0. The molecule has 4 rings (SSSR count). The fourth-order valence-electron chi connectivity index (χ4n) is 2.90. The second-order valence-electron chi connectivity index (χ2n) is 6.39. The highest BCUT2D eigenvalue weighted by molar-refractivity contribution is 6.30. The SMILES string of the molecule is Clc1cccc(COc2cccc(Oc3ccc(-c4ccccc4)cc3)c2)c1. The predicted molar refractivity (Wildman–Crippen MR) is 114 cm³/mol. The van der Waals surface area contributed by atoms with Gasteiger partial charge in [0.2, 0.25) is 0 Å². The first-order valence-corrected chi connectivity index (χ1v) is 9.45. The van der Waals surface area contributed by atoms with Crippen molar-refractivity contribution in [3.8, 4) is 28.4 Å². The lowest BCUT2D eigenvalue weighted by Gasteiger charge is -2.10. The van der Waals surface area contributed by atoms with Crippen LogP contribution < -0.4 is 9.47 Å². The molecular formula is C25H19ClO2. The van der Waals surface area contributed by atoms with Crippen molar-refractivity contribution in [3.05, 3.63) is 114 Å². The van der Waals surface area contributed by atoms with Gasteiger partial charge in [-0.05, 0) is 53.1 Å². The summed E-state index contributed by atoms with van der Waals surface area (Å²) in [5.41, 5.74) is 3.37. The van der Waals surface area contributed by atoms with Gasteiger partial charge in [-0.1, -0.05) is 72.3 Å². The summed E-state index contributed by atoms with van der Waals surface area (Å²) < 4.78 is 11.8. The predicted octanol–water partition coefficient (Wildman–Crippen LogP) is 7.38. The van der Waals surface area contributed by atoms with Crippen LogP contribution in [-0.2, 0) is 6.61 Å². The minimum absolute atomic E-state index is 0.454. The Morgan fingerprint density at radius 1 is 0.571 bits per heavy atom. The molecule has 3 heteroatoms. The second-order valence-corrected chi connectivity index (χ2v) is 6.82. The zero-order chi connectivity index (χ0) is 19.2. The molecule has 0 atom stereocenters. The lowest BCUT2D eigenvalue weighted by Crippen LogP contribution is -1.95. The van der Waals surface area contributed by atoms with Crippen molar-refractivity contribution in [2.45, 2.75) is 6.61 Å². The molecule has 0 N–H and O–H groups in total. The van der Waals surface area contributed by atoms with Crippen LogP contribution in [-0.4, -0.2) is 0 Å². The van der Waals surface area contributed by atoms with Crippen LogP contribution in [0.1, 0.15) is 5.56 Å². The summed E-state index contributed by atoms with van der Waals surface area (Å²) >= 11 is 6.02. The Bertz CT molecular complexity index is 1040.